The Bertz CT molecular complexity index is 1230. The molecule has 0 unspecified atom stereocenters. The van der Waals surface area contributed by atoms with Crippen molar-refractivity contribution in [3.63, 3.8) is 0 Å². The van der Waals surface area contributed by atoms with Crippen LogP contribution in [0.1, 0.15) is 21.7 Å². The SMILES string of the molecule is Cc1ccc(N(C)S(=O)(=O)c2cccc(C(=O)OCc3nc(N)nc(N(C)C)n3)c2)cc1. The third-order valence-electron chi connectivity index (χ3n) is 4.55. The highest BCUT2D eigenvalue weighted by atomic mass is 32.2. The number of carbonyl (C=O) groups excluding carboxylic acids is 1. The van der Waals surface area contributed by atoms with E-state index < -0.39 is 16.0 Å². The van der Waals surface area contributed by atoms with Crippen molar-refractivity contribution in [2.75, 3.05) is 36.1 Å². The predicted octanol–water partition coefficient (Wildman–Crippen LogP) is 2.01. The molecule has 32 heavy (non-hydrogen) atoms. The lowest BCUT2D eigenvalue weighted by molar-refractivity contribution is 0.0462. The first-order chi connectivity index (χ1) is 15.1. The second-order valence-electron chi connectivity index (χ2n) is 7.22. The van der Waals surface area contributed by atoms with Crippen LogP contribution < -0.4 is 14.9 Å². The molecule has 168 valence electrons. The molecule has 3 rings (SSSR count). The van der Waals surface area contributed by atoms with Gasteiger partial charge in [-0.25, -0.2) is 13.2 Å². The number of benzene rings is 2. The predicted molar refractivity (Wildman–Crippen MR) is 121 cm³/mol. The lowest BCUT2D eigenvalue weighted by Crippen LogP contribution is -2.26. The van der Waals surface area contributed by atoms with E-state index in [4.69, 9.17) is 10.5 Å². The third-order valence-corrected chi connectivity index (χ3v) is 6.33. The van der Waals surface area contributed by atoms with Gasteiger partial charge in [0, 0.05) is 21.1 Å². The number of nitrogen functional groups attached to an aromatic ring is 1. The topological polar surface area (TPSA) is 132 Å². The van der Waals surface area contributed by atoms with Crippen LogP contribution in [0.2, 0.25) is 0 Å². The zero-order valence-electron chi connectivity index (χ0n) is 18.2. The Kier molecular flexibility index (Phi) is 6.58. The van der Waals surface area contributed by atoms with Crippen LogP contribution in [0.15, 0.2) is 53.4 Å². The second kappa shape index (κ2) is 9.18. The van der Waals surface area contributed by atoms with Gasteiger partial charge in [-0.3, -0.25) is 4.31 Å². The Labute approximate surface area is 186 Å². The largest absolute Gasteiger partial charge is 0.454 e. The molecule has 0 aliphatic carbocycles. The van der Waals surface area contributed by atoms with E-state index in [1.807, 2.05) is 19.1 Å². The molecule has 0 aliphatic heterocycles. The summed E-state index contributed by atoms with van der Waals surface area (Å²) in [4.78, 5) is 26.2. The lowest BCUT2D eigenvalue weighted by atomic mass is 10.2. The fourth-order valence-electron chi connectivity index (χ4n) is 2.74. The first kappa shape index (κ1) is 22.9. The van der Waals surface area contributed by atoms with Gasteiger partial charge >= 0.3 is 5.97 Å². The summed E-state index contributed by atoms with van der Waals surface area (Å²) in [5.74, 6) is -0.208. The standard InChI is InChI=1S/C21H24N6O4S/c1-14-8-10-16(11-9-14)27(4)32(29,30)17-7-5-6-15(12-17)19(28)31-13-18-23-20(22)25-21(24-18)26(2)3/h5-12H,13H2,1-4H3,(H2,22,23,24,25). The summed E-state index contributed by atoms with van der Waals surface area (Å²) < 4.78 is 32.5. The maximum atomic E-state index is 13.0. The number of carbonyl (C=O) groups is 1. The average Bonchev–Trinajstić information content (AvgIpc) is 2.77. The molecule has 0 aliphatic rings. The molecule has 0 spiro atoms. The Balaban J connectivity index is 1.78. The number of sulfonamides is 1. The van der Waals surface area contributed by atoms with Crippen LogP contribution in [-0.2, 0) is 21.4 Å². The van der Waals surface area contributed by atoms with Crippen molar-refractivity contribution >= 4 is 33.6 Å². The number of anilines is 3. The maximum absolute atomic E-state index is 13.0. The van der Waals surface area contributed by atoms with Crippen LogP contribution in [0.25, 0.3) is 0 Å². The molecule has 10 nitrogen and oxygen atoms in total. The van der Waals surface area contributed by atoms with E-state index in [-0.39, 0.29) is 28.8 Å². The van der Waals surface area contributed by atoms with Gasteiger partial charge in [-0.15, -0.1) is 0 Å². The summed E-state index contributed by atoms with van der Waals surface area (Å²) in [5, 5.41) is 0. The molecule has 11 heteroatoms. The zero-order valence-corrected chi connectivity index (χ0v) is 19.0. The number of aryl methyl sites for hydroxylation is 1. The van der Waals surface area contributed by atoms with Crippen molar-refractivity contribution in [1.29, 1.82) is 0 Å². The van der Waals surface area contributed by atoms with E-state index in [9.17, 15) is 13.2 Å². The van der Waals surface area contributed by atoms with Crippen LogP contribution in [0, 0.1) is 6.92 Å². The van der Waals surface area contributed by atoms with Crippen LogP contribution >= 0.6 is 0 Å². The summed E-state index contributed by atoms with van der Waals surface area (Å²) in [6, 6.07) is 12.7. The van der Waals surface area contributed by atoms with E-state index in [1.54, 1.807) is 31.1 Å². The molecule has 3 aromatic rings. The molecule has 0 bridgehead atoms. The van der Waals surface area contributed by atoms with E-state index in [0.717, 1.165) is 9.87 Å². The van der Waals surface area contributed by atoms with Crippen molar-refractivity contribution in [1.82, 2.24) is 15.0 Å². The van der Waals surface area contributed by atoms with Crippen LogP contribution in [-0.4, -0.2) is 50.5 Å². The van der Waals surface area contributed by atoms with Crippen LogP contribution in [0.3, 0.4) is 0 Å². The number of nitrogens with two attached hydrogens (primary N) is 1. The molecule has 2 aromatic carbocycles. The smallest absolute Gasteiger partial charge is 0.338 e. The van der Waals surface area contributed by atoms with Gasteiger partial charge in [-0.05, 0) is 37.3 Å². The van der Waals surface area contributed by atoms with E-state index in [0.29, 0.717) is 11.6 Å². The zero-order chi connectivity index (χ0) is 23.5. The summed E-state index contributed by atoms with van der Waals surface area (Å²) >= 11 is 0. The molecular weight excluding hydrogens is 432 g/mol. The number of rotatable bonds is 7. The van der Waals surface area contributed by atoms with E-state index in [1.165, 1.54) is 31.3 Å². The monoisotopic (exact) mass is 456 g/mol. The van der Waals surface area contributed by atoms with Crippen molar-refractivity contribution < 1.29 is 17.9 Å². The second-order valence-corrected chi connectivity index (χ2v) is 9.19. The van der Waals surface area contributed by atoms with Gasteiger partial charge in [0.1, 0.15) is 0 Å². The first-order valence-electron chi connectivity index (χ1n) is 9.58. The quantitative estimate of drug-likeness (QED) is 0.530. The highest BCUT2D eigenvalue weighted by Gasteiger charge is 2.23. The molecule has 2 N–H and O–H groups in total. The summed E-state index contributed by atoms with van der Waals surface area (Å²) in [6.45, 7) is 1.67. The first-order valence-corrected chi connectivity index (χ1v) is 11.0. The van der Waals surface area contributed by atoms with Gasteiger partial charge in [0.05, 0.1) is 16.1 Å². The van der Waals surface area contributed by atoms with Crippen molar-refractivity contribution in [3.8, 4) is 0 Å². The van der Waals surface area contributed by atoms with Gasteiger partial charge in [0.2, 0.25) is 11.9 Å². The van der Waals surface area contributed by atoms with Crippen molar-refractivity contribution in [2.45, 2.75) is 18.4 Å². The minimum absolute atomic E-state index is 0.00184. The van der Waals surface area contributed by atoms with Crippen LogP contribution in [0.4, 0.5) is 17.6 Å². The number of esters is 1. The van der Waals surface area contributed by atoms with Gasteiger partial charge in [-0.2, -0.15) is 15.0 Å². The molecule has 0 fully saturated rings. The summed E-state index contributed by atoms with van der Waals surface area (Å²) in [5.41, 5.74) is 7.27. The number of aromatic nitrogens is 3. The van der Waals surface area contributed by atoms with Gasteiger partial charge < -0.3 is 15.4 Å². The van der Waals surface area contributed by atoms with E-state index in [2.05, 4.69) is 15.0 Å². The van der Waals surface area contributed by atoms with Gasteiger partial charge in [0.25, 0.3) is 10.0 Å². The van der Waals surface area contributed by atoms with Crippen molar-refractivity contribution in [2.24, 2.45) is 0 Å². The summed E-state index contributed by atoms with van der Waals surface area (Å²) in [7, 11) is 1.06. The molecule has 0 saturated heterocycles. The Morgan fingerprint density at radius 3 is 2.38 bits per heavy atom. The maximum Gasteiger partial charge on any atom is 0.338 e. The molecule has 1 aromatic heterocycles. The highest BCUT2D eigenvalue weighted by Crippen LogP contribution is 2.23. The minimum Gasteiger partial charge on any atom is -0.454 e. The average molecular weight is 457 g/mol. The molecule has 0 amide bonds. The molecule has 0 saturated carbocycles. The molecule has 0 radical (unpaired) electrons. The van der Waals surface area contributed by atoms with Crippen LogP contribution in [0.5, 0.6) is 0 Å². The van der Waals surface area contributed by atoms with E-state index >= 15 is 0 Å². The van der Waals surface area contributed by atoms with Crippen molar-refractivity contribution in [3.05, 3.63) is 65.5 Å². The normalized spacial score (nSPS) is 11.1. The Hall–Kier alpha value is -3.73. The Morgan fingerprint density at radius 2 is 1.72 bits per heavy atom. The lowest BCUT2D eigenvalue weighted by Gasteiger charge is -2.20. The van der Waals surface area contributed by atoms with Gasteiger partial charge in [0.15, 0.2) is 12.4 Å². The molecular formula is C21H24N6O4S. The minimum atomic E-state index is -3.88. The fraction of sp³-hybridized carbons (Fsp3) is 0.238. The number of hydrogen-bond acceptors (Lipinski definition) is 9. The van der Waals surface area contributed by atoms with Gasteiger partial charge in [-0.1, -0.05) is 23.8 Å². The highest BCUT2D eigenvalue weighted by molar-refractivity contribution is 7.92. The Morgan fingerprint density at radius 1 is 1.03 bits per heavy atom. The number of ether oxygens (including phenoxy) is 1. The fourth-order valence-corrected chi connectivity index (χ4v) is 3.98. The molecule has 1 heterocycles. The molecule has 0 atom stereocenters. The summed E-state index contributed by atoms with van der Waals surface area (Å²) in [6.07, 6.45) is 0. The number of hydrogen-bond donors (Lipinski definition) is 1. The third kappa shape index (κ3) is 5.11. The number of nitrogens with zero attached hydrogens (tertiary/aromatic N) is 5.